The number of benzene rings is 1. The molecular formula is C26H37NO9. The summed E-state index contributed by atoms with van der Waals surface area (Å²) in [7, 11) is 0. The Bertz CT molecular complexity index is 894. The van der Waals surface area contributed by atoms with Crippen LogP contribution in [0.5, 0.6) is 0 Å². The fraction of sp³-hybridized carbons (Fsp3) is 0.615. The smallest absolute Gasteiger partial charge is 0.408 e. The molecule has 1 aliphatic heterocycles. The molecule has 0 bridgehead atoms. The lowest BCUT2D eigenvalue weighted by molar-refractivity contribution is -0.177. The molecule has 0 radical (unpaired) electrons. The van der Waals surface area contributed by atoms with Crippen molar-refractivity contribution >= 4 is 24.0 Å². The van der Waals surface area contributed by atoms with Crippen LogP contribution in [0.15, 0.2) is 30.3 Å². The van der Waals surface area contributed by atoms with Crippen molar-refractivity contribution in [3.63, 3.8) is 0 Å². The van der Waals surface area contributed by atoms with E-state index in [4.69, 9.17) is 23.7 Å². The lowest BCUT2D eigenvalue weighted by Crippen LogP contribution is -2.48. The van der Waals surface area contributed by atoms with Gasteiger partial charge in [-0.15, -0.1) is 0 Å². The normalized spacial score (nSPS) is 23.0. The van der Waals surface area contributed by atoms with Gasteiger partial charge in [0.2, 0.25) is 0 Å². The molecule has 1 fully saturated rings. The molecule has 1 saturated heterocycles. The molecule has 0 aliphatic carbocycles. The Morgan fingerprint density at radius 3 is 2.39 bits per heavy atom. The van der Waals surface area contributed by atoms with Gasteiger partial charge in [-0.2, -0.15) is 0 Å². The highest BCUT2D eigenvalue weighted by atomic mass is 16.6. The molecule has 1 aromatic rings. The summed E-state index contributed by atoms with van der Waals surface area (Å²) >= 11 is 0. The zero-order valence-electron chi connectivity index (χ0n) is 21.8. The lowest BCUT2D eigenvalue weighted by atomic mass is 9.94. The van der Waals surface area contributed by atoms with E-state index in [2.05, 4.69) is 5.32 Å². The standard InChI is InChI=1S/C26H37NO9/c1-16(2)22(28)35-21-17(3)34-24(30)20(27-25(31)36-26(4,5)6)15-33-23(29)19(21)12-13-32-14-18-10-8-7-9-11-18/h7-11,16-17,19-21H,12-15H2,1-6H3,(H,27,31)/t17?,19?,20-,21-/m0/s1. The highest BCUT2D eigenvalue weighted by molar-refractivity contribution is 5.83. The van der Waals surface area contributed by atoms with Crippen LogP contribution in [0.1, 0.15) is 53.5 Å². The van der Waals surface area contributed by atoms with Crippen molar-refractivity contribution in [2.75, 3.05) is 13.2 Å². The fourth-order valence-electron chi connectivity index (χ4n) is 3.39. The van der Waals surface area contributed by atoms with E-state index in [0.29, 0.717) is 6.61 Å². The molecule has 200 valence electrons. The number of alkyl carbamates (subject to hydrolysis) is 1. The lowest BCUT2D eigenvalue weighted by Gasteiger charge is -2.29. The Labute approximate surface area is 211 Å². The Kier molecular flexibility index (Phi) is 10.7. The van der Waals surface area contributed by atoms with Crippen LogP contribution < -0.4 is 5.32 Å². The third-order valence-corrected chi connectivity index (χ3v) is 5.24. The number of ether oxygens (including phenoxy) is 5. The SMILES string of the molecule is CC(C)C(=O)O[C@H]1C(C)OC(=O)[C@@H](NC(=O)OC(C)(C)C)COC(=O)C1CCOCc1ccccc1. The Hall–Kier alpha value is -3.14. The maximum Gasteiger partial charge on any atom is 0.408 e. The fourth-order valence-corrected chi connectivity index (χ4v) is 3.39. The number of esters is 3. The monoisotopic (exact) mass is 507 g/mol. The Balaban J connectivity index is 2.16. The average Bonchev–Trinajstić information content (AvgIpc) is 2.82. The molecule has 1 heterocycles. The van der Waals surface area contributed by atoms with E-state index in [9.17, 15) is 19.2 Å². The van der Waals surface area contributed by atoms with Crippen molar-refractivity contribution in [1.29, 1.82) is 0 Å². The van der Waals surface area contributed by atoms with Crippen molar-refractivity contribution < 1.29 is 42.9 Å². The molecule has 1 aromatic carbocycles. The first-order valence-corrected chi connectivity index (χ1v) is 12.1. The molecule has 0 spiro atoms. The van der Waals surface area contributed by atoms with Gasteiger partial charge in [0.1, 0.15) is 18.3 Å². The molecule has 2 rings (SSSR count). The summed E-state index contributed by atoms with van der Waals surface area (Å²) < 4.78 is 27.4. The van der Waals surface area contributed by atoms with Gasteiger partial charge >= 0.3 is 24.0 Å². The van der Waals surface area contributed by atoms with E-state index in [1.807, 2.05) is 30.3 Å². The number of rotatable bonds is 8. The van der Waals surface area contributed by atoms with Crippen LogP contribution in [-0.2, 0) is 44.7 Å². The second-order valence-electron chi connectivity index (χ2n) is 9.96. The minimum absolute atomic E-state index is 0.160. The zero-order chi connectivity index (χ0) is 26.9. The van der Waals surface area contributed by atoms with E-state index in [-0.39, 0.29) is 13.0 Å². The van der Waals surface area contributed by atoms with Crippen LogP contribution in [0.3, 0.4) is 0 Å². The topological polar surface area (TPSA) is 126 Å². The Morgan fingerprint density at radius 2 is 1.78 bits per heavy atom. The first kappa shape index (κ1) is 29.1. The number of nitrogens with one attached hydrogen (secondary N) is 1. The van der Waals surface area contributed by atoms with Gasteiger partial charge in [-0.25, -0.2) is 9.59 Å². The maximum absolute atomic E-state index is 13.1. The molecule has 0 aromatic heterocycles. The second kappa shape index (κ2) is 13.2. The van der Waals surface area contributed by atoms with Crippen molar-refractivity contribution in [2.45, 2.75) is 78.4 Å². The predicted molar refractivity (Wildman–Crippen MR) is 129 cm³/mol. The van der Waals surface area contributed by atoms with Gasteiger partial charge in [0, 0.05) is 6.61 Å². The number of carbonyl (C=O) groups excluding carboxylic acids is 4. The average molecular weight is 508 g/mol. The van der Waals surface area contributed by atoms with Crippen molar-refractivity contribution in [3.05, 3.63) is 35.9 Å². The van der Waals surface area contributed by atoms with Crippen LogP contribution in [0.4, 0.5) is 4.79 Å². The number of cyclic esters (lactones) is 2. The minimum atomic E-state index is -1.29. The van der Waals surface area contributed by atoms with Crippen molar-refractivity contribution in [3.8, 4) is 0 Å². The highest BCUT2D eigenvalue weighted by Crippen LogP contribution is 2.24. The largest absolute Gasteiger partial charge is 0.463 e. The van der Waals surface area contributed by atoms with Crippen LogP contribution in [0.2, 0.25) is 0 Å². The molecule has 1 aliphatic rings. The van der Waals surface area contributed by atoms with Gasteiger partial charge < -0.3 is 29.0 Å². The third-order valence-electron chi connectivity index (χ3n) is 5.24. The molecular weight excluding hydrogens is 470 g/mol. The summed E-state index contributed by atoms with van der Waals surface area (Å²) in [4.78, 5) is 50.5. The van der Waals surface area contributed by atoms with Gasteiger partial charge in [-0.1, -0.05) is 44.2 Å². The van der Waals surface area contributed by atoms with Gasteiger partial charge in [-0.05, 0) is 39.7 Å². The summed E-state index contributed by atoms with van der Waals surface area (Å²) in [5, 5.41) is 2.38. The quantitative estimate of drug-likeness (QED) is 0.321. The van der Waals surface area contributed by atoms with Gasteiger partial charge in [0.15, 0.2) is 12.1 Å². The van der Waals surface area contributed by atoms with Crippen LogP contribution in [-0.4, -0.2) is 61.1 Å². The molecule has 36 heavy (non-hydrogen) atoms. The van der Waals surface area contributed by atoms with Gasteiger partial charge in [-0.3, -0.25) is 9.59 Å². The third kappa shape index (κ3) is 9.49. The first-order chi connectivity index (χ1) is 16.9. The van der Waals surface area contributed by atoms with E-state index in [1.54, 1.807) is 34.6 Å². The molecule has 4 atom stereocenters. The number of hydrogen-bond donors (Lipinski definition) is 1. The van der Waals surface area contributed by atoms with Crippen LogP contribution in [0.25, 0.3) is 0 Å². The Morgan fingerprint density at radius 1 is 1.11 bits per heavy atom. The summed E-state index contributed by atoms with van der Waals surface area (Å²) in [6.45, 7) is 9.91. The number of amides is 1. The number of carbonyl (C=O) groups is 4. The second-order valence-corrected chi connectivity index (χ2v) is 9.96. The molecule has 10 nitrogen and oxygen atoms in total. The maximum atomic E-state index is 13.1. The van der Waals surface area contributed by atoms with Crippen molar-refractivity contribution in [2.24, 2.45) is 11.8 Å². The van der Waals surface area contributed by atoms with Crippen LogP contribution >= 0.6 is 0 Å². The van der Waals surface area contributed by atoms with E-state index < -0.39 is 66.3 Å². The molecule has 10 heteroatoms. The van der Waals surface area contributed by atoms with Gasteiger partial charge in [0.25, 0.3) is 0 Å². The van der Waals surface area contributed by atoms with Crippen molar-refractivity contribution in [1.82, 2.24) is 5.32 Å². The summed E-state index contributed by atoms with van der Waals surface area (Å²) in [5.74, 6) is -3.50. The summed E-state index contributed by atoms with van der Waals surface area (Å²) in [6.07, 6.45) is -2.79. The van der Waals surface area contributed by atoms with E-state index in [0.717, 1.165) is 5.56 Å². The minimum Gasteiger partial charge on any atom is -0.463 e. The highest BCUT2D eigenvalue weighted by Gasteiger charge is 2.42. The predicted octanol–water partition coefficient (Wildman–Crippen LogP) is 3.16. The molecule has 0 saturated carbocycles. The summed E-state index contributed by atoms with van der Waals surface area (Å²) in [5.41, 5.74) is 0.174. The number of hydrogen-bond acceptors (Lipinski definition) is 9. The van der Waals surface area contributed by atoms with Gasteiger partial charge in [0.05, 0.1) is 18.4 Å². The van der Waals surface area contributed by atoms with E-state index in [1.165, 1.54) is 6.92 Å². The first-order valence-electron chi connectivity index (χ1n) is 12.1. The molecule has 2 unspecified atom stereocenters. The zero-order valence-corrected chi connectivity index (χ0v) is 21.8. The molecule has 1 amide bonds. The summed E-state index contributed by atoms with van der Waals surface area (Å²) in [6, 6.07) is 8.24. The van der Waals surface area contributed by atoms with E-state index >= 15 is 0 Å². The van der Waals surface area contributed by atoms with Crippen LogP contribution in [0, 0.1) is 11.8 Å². The molecule has 1 N–H and O–H groups in total.